The molecular weight excluding hydrogens is 907 g/mol. The van der Waals surface area contributed by atoms with Crippen molar-refractivity contribution in [3.8, 4) is 0 Å². The number of β-amino-alcohol motifs (C(OH)–C–C–N with tert-alkyl or cyclic N) is 1. The van der Waals surface area contributed by atoms with Crippen molar-refractivity contribution >= 4 is 97.1 Å². The molecule has 2 rings (SSSR count). The molecule has 15 nitrogen and oxygen atoms in total. The van der Waals surface area contributed by atoms with E-state index in [1.807, 2.05) is 67.8 Å². The van der Waals surface area contributed by atoms with Gasteiger partial charge in [0.05, 0.1) is 43.3 Å². The molecular formula is C25H36I3N7O8. The first-order valence-electron chi connectivity index (χ1n) is 13.1. The zero-order valence-corrected chi connectivity index (χ0v) is 29.8. The Bertz CT molecular complexity index is 1250. The van der Waals surface area contributed by atoms with E-state index in [-0.39, 0.29) is 75.7 Å². The van der Waals surface area contributed by atoms with E-state index in [0.717, 1.165) is 0 Å². The van der Waals surface area contributed by atoms with Crippen LogP contribution in [0.5, 0.6) is 0 Å². The van der Waals surface area contributed by atoms with Gasteiger partial charge in [-0.1, -0.05) is 0 Å². The molecule has 0 saturated carbocycles. The van der Waals surface area contributed by atoms with E-state index in [2.05, 4.69) is 15.6 Å². The lowest BCUT2D eigenvalue weighted by atomic mass is 10.0. The van der Waals surface area contributed by atoms with Crippen molar-refractivity contribution in [1.29, 1.82) is 0 Å². The van der Waals surface area contributed by atoms with Gasteiger partial charge in [-0.25, -0.2) is 0 Å². The molecule has 1 aliphatic rings. The number of nitrogens with two attached hydrogens (primary N) is 2. The molecule has 0 bridgehead atoms. The number of anilines is 1. The van der Waals surface area contributed by atoms with Crippen LogP contribution in [0.15, 0.2) is 16.6 Å². The number of guanidine groups is 1. The average molecular weight is 943 g/mol. The molecule has 240 valence electrons. The molecule has 1 aromatic carbocycles. The third kappa shape index (κ3) is 10.1. The number of aliphatic imine (C=N–C) groups is 1. The predicted octanol–water partition coefficient (Wildman–Crippen LogP) is 0.389. The monoisotopic (exact) mass is 943 g/mol. The van der Waals surface area contributed by atoms with E-state index in [1.165, 1.54) is 16.7 Å². The van der Waals surface area contributed by atoms with Crippen molar-refractivity contribution in [2.75, 3.05) is 51.3 Å². The first-order valence-corrected chi connectivity index (χ1v) is 16.4. The van der Waals surface area contributed by atoms with Crippen LogP contribution >= 0.6 is 67.8 Å². The van der Waals surface area contributed by atoms with E-state index in [4.69, 9.17) is 11.5 Å². The Morgan fingerprint density at radius 1 is 1.07 bits per heavy atom. The predicted molar refractivity (Wildman–Crippen MR) is 185 cm³/mol. The molecule has 43 heavy (non-hydrogen) atoms. The van der Waals surface area contributed by atoms with Crippen molar-refractivity contribution in [3.63, 3.8) is 0 Å². The topological polar surface area (TPSA) is 247 Å². The Morgan fingerprint density at radius 3 is 2.19 bits per heavy atom. The van der Waals surface area contributed by atoms with E-state index < -0.39 is 41.5 Å². The van der Waals surface area contributed by atoms with Crippen LogP contribution in [-0.2, 0) is 4.79 Å². The molecule has 3 amide bonds. The van der Waals surface area contributed by atoms with Crippen LogP contribution in [0.4, 0.5) is 5.69 Å². The second-order valence-corrected chi connectivity index (χ2v) is 12.8. The fraction of sp³-hybridized carbons (Fsp3) is 0.520. The smallest absolute Gasteiger partial charge is 0.256 e. The zero-order valence-electron chi connectivity index (χ0n) is 23.3. The Morgan fingerprint density at radius 2 is 1.67 bits per heavy atom. The van der Waals surface area contributed by atoms with Gasteiger partial charge in [-0.05, 0) is 94.0 Å². The largest absolute Gasteiger partial charge is 0.507 e. The van der Waals surface area contributed by atoms with Crippen LogP contribution in [-0.4, -0.2) is 117 Å². The highest BCUT2D eigenvalue weighted by atomic mass is 127. The number of carbonyl (C=O) groups is 3. The minimum atomic E-state index is -1.01. The van der Waals surface area contributed by atoms with Gasteiger partial charge < -0.3 is 57.4 Å². The number of hydrogen-bond acceptors (Lipinski definition) is 10. The molecule has 2 unspecified atom stereocenters. The minimum Gasteiger partial charge on any atom is -0.507 e. The van der Waals surface area contributed by atoms with Crippen molar-refractivity contribution in [2.45, 2.75) is 38.3 Å². The van der Waals surface area contributed by atoms with Crippen LogP contribution in [0.1, 0.15) is 46.9 Å². The quantitative estimate of drug-likeness (QED) is 0.0406. The third-order valence-electron chi connectivity index (χ3n) is 6.39. The summed E-state index contributed by atoms with van der Waals surface area (Å²) in [6.07, 6.45) is 0.274. The van der Waals surface area contributed by atoms with Crippen molar-refractivity contribution in [2.24, 2.45) is 16.5 Å². The number of amides is 3. The van der Waals surface area contributed by atoms with Crippen LogP contribution in [0.3, 0.4) is 0 Å². The summed E-state index contributed by atoms with van der Waals surface area (Å²) in [6.45, 7) is 0.993. The van der Waals surface area contributed by atoms with Crippen molar-refractivity contribution in [3.05, 3.63) is 33.5 Å². The first kappa shape index (κ1) is 37.3. The van der Waals surface area contributed by atoms with Crippen molar-refractivity contribution in [1.82, 2.24) is 15.1 Å². The van der Waals surface area contributed by atoms with Gasteiger partial charge in [0.1, 0.15) is 11.8 Å². The van der Waals surface area contributed by atoms with Gasteiger partial charge in [0.25, 0.3) is 11.8 Å². The molecule has 1 fully saturated rings. The maximum atomic E-state index is 13.9. The Labute approximate surface area is 289 Å². The number of likely N-dealkylation sites (tertiary alicyclic amines) is 1. The number of aliphatic hydroxyl groups is 5. The summed E-state index contributed by atoms with van der Waals surface area (Å²) < 4.78 is 0.817. The summed E-state index contributed by atoms with van der Waals surface area (Å²) in [7, 11) is 0. The number of nitrogens with one attached hydrogen (secondary N) is 2. The fourth-order valence-corrected chi connectivity index (χ4v) is 8.63. The summed E-state index contributed by atoms with van der Waals surface area (Å²) >= 11 is 5.61. The van der Waals surface area contributed by atoms with Gasteiger partial charge in [-0.15, -0.1) is 0 Å². The van der Waals surface area contributed by atoms with Gasteiger partial charge in [0, 0.05) is 36.3 Å². The Kier molecular flexibility index (Phi) is 15.2. The highest BCUT2D eigenvalue weighted by Crippen LogP contribution is 2.37. The molecule has 1 aromatic rings. The summed E-state index contributed by atoms with van der Waals surface area (Å²) in [5.41, 5.74) is 11.0. The molecule has 0 spiro atoms. The second kappa shape index (κ2) is 17.6. The van der Waals surface area contributed by atoms with E-state index in [0.29, 0.717) is 23.0 Å². The van der Waals surface area contributed by atoms with Crippen LogP contribution in [0.2, 0.25) is 0 Å². The van der Waals surface area contributed by atoms with E-state index in [9.17, 15) is 39.9 Å². The van der Waals surface area contributed by atoms with Gasteiger partial charge >= 0.3 is 0 Å². The van der Waals surface area contributed by atoms with Gasteiger partial charge in [0.15, 0.2) is 5.96 Å². The fourth-order valence-electron chi connectivity index (χ4n) is 4.24. The number of carbonyl (C=O) groups excluding carboxylic acids is 3. The second-order valence-electron chi connectivity index (χ2n) is 9.57. The Hall–Kier alpha value is -1.89. The number of aliphatic hydroxyl groups excluding tert-OH is 5. The molecule has 0 aliphatic carbocycles. The molecule has 1 heterocycles. The van der Waals surface area contributed by atoms with Crippen LogP contribution in [0.25, 0.3) is 0 Å². The summed E-state index contributed by atoms with van der Waals surface area (Å²) in [4.78, 5) is 47.7. The lowest BCUT2D eigenvalue weighted by molar-refractivity contribution is -0.132. The van der Waals surface area contributed by atoms with Crippen molar-refractivity contribution < 1.29 is 39.9 Å². The molecule has 1 aliphatic heterocycles. The average Bonchev–Trinajstić information content (AvgIpc) is 3.37. The molecule has 2 atom stereocenters. The number of allylic oxidation sites excluding steroid dienone is 1. The summed E-state index contributed by atoms with van der Waals surface area (Å²) in [6, 6.07) is -1.01. The summed E-state index contributed by atoms with van der Waals surface area (Å²) in [5, 5.41) is 54.5. The van der Waals surface area contributed by atoms with E-state index >= 15 is 0 Å². The third-order valence-corrected chi connectivity index (χ3v) is 9.63. The highest BCUT2D eigenvalue weighted by Gasteiger charge is 2.34. The van der Waals surface area contributed by atoms with Gasteiger partial charge in [-0.3, -0.25) is 19.4 Å². The minimum absolute atomic E-state index is 0.0206. The standard InChI is InChI=1S/C25H36I3N7O8/c1-12(38)21(40)33-20-18(27)15(17(26)16(19(20)28)24(43)34(7-9-36)8-10-37)22(41)32-14(3-2-5-31-25(29)30)23(42)35-6-4-13(39)11-35/h13-14,33,36-40H,2-11H2,1H3,(H,32,41)(H4,29,30,31)/b21-12-. The maximum absolute atomic E-state index is 13.9. The number of hydrogen-bond donors (Lipinski definition) is 9. The molecule has 0 aromatic heterocycles. The number of benzene rings is 1. The normalized spacial score (nSPS) is 15.9. The SMILES string of the molecule is C/C(O)=C(/O)Nc1c(I)c(C(=O)NC(CCCN=C(N)N)C(=O)N2CCC(O)C2)c(I)c(C(=O)N(CCO)CCO)c1I. The maximum Gasteiger partial charge on any atom is 0.256 e. The van der Waals surface area contributed by atoms with E-state index in [1.54, 1.807) is 0 Å². The number of halogens is 3. The summed E-state index contributed by atoms with van der Waals surface area (Å²) in [5.74, 6) is -2.84. The molecule has 18 heteroatoms. The Balaban J connectivity index is 2.63. The molecule has 0 radical (unpaired) electrons. The molecule has 1 saturated heterocycles. The number of rotatable bonds is 14. The van der Waals surface area contributed by atoms with Crippen LogP contribution < -0.4 is 22.1 Å². The van der Waals surface area contributed by atoms with Gasteiger partial charge in [0.2, 0.25) is 11.8 Å². The van der Waals surface area contributed by atoms with Crippen LogP contribution in [0, 0.1) is 10.7 Å². The highest BCUT2D eigenvalue weighted by molar-refractivity contribution is 14.1. The molecule has 11 N–H and O–H groups in total. The first-order chi connectivity index (χ1) is 20.2. The number of nitrogens with zero attached hydrogens (tertiary/aromatic N) is 3. The van der Waals surface area contributed by atoms with Gasteiger partial charge in [-0.2, -0.15) is 0 Å². The zero-order chi connectivity index (χ0) is 32.4. The lowest BCUT2D eigenvalue weighted by Crippen LogP contribution is -2.48. The lowest BCUT2D eigenvalue weighted by Gasteiger charge is -2.27.